The molecule has 0 aromatic heterocycles. The first-order valence-electron chi connectivity index (χ1n) is 16.3. The molecule has 0 aromatic carbocycles. The number of carbonyl (C=O) groups is 2. The van der Waals surface area contributed by atoms with Crippen LogP contribution in [0.4, 0.5) is 0 Å². The van der Waals surface area contributed by atoms with Crippen molar-refractivity contribution in [3.8, 4) is 0 Å². The summed E-state index contributed by atoms with van der Waals surface area (Å²) in [5.41, 5.74) is 0.656. The monoisotopic (exact) mass is 606 g/mol. The van der Waals surface area contributed by atoms with Crippen molar-refractivity contribution >= 4 is 35.0 Å². The number of nitrogens with one attached hydrogen (secondary N) is 1. The predicted molar refractivity (Wildman–Crippen MR) is 163 cm³/mol. The molecular weight excluding hydrogens is 559 g/mol. The number of amides is 2. The van der Waals surface area contributed by atoms with Gasteiger partial charge >= 0.3 is 0 Å². The fourth-order valence-electron chi connectivity index (χ4n) is 8.41. The molecule has 4 fully saturated rings. The molecular formula is C32H48Cl2N4O3. The largest absolute Gasteiger partial charge is 0.373 e. The summed E-state index contributed by atoms with van der Waals surface area (Å²) in [5.74, 6) is 0.974. The molecule has 0 bridgehead atoms. The molecule has 3 aliphatic carbocycles. The highest BCUT2D eigenvalue weighted by atomic mass is 35.5. The summed E-state index contributed by atoms with van der Waals surface area (Å²) in [7, 11) is 0. The van der Waals surface area contributed by atoms with Crippen LogP contribution < -0.4 is 5.32 Å². The Morgan fingerprint density at radius 3 is 2.44 bits per heavy atom. The summed E-state index contributed by atoms with van der Waals surface area (Å²) in [5, 5.41) is 2.90. The number of piperidine rings is 2. The summed E-state index contributed by atoms with van der Waals surface area (Å²) >= 11 is 13.1. The maximum atomic E-state index is 13.1. The van der Waals surface area contributed by atoms with Gasteiger partial charge in [-0.25, -0.2) is 0 Å². The second kappa shape index (κ2) is 12.8. The van der Waals surface area contributed by atoms with E-state index in [0.717, 1.165) is 90.5 Å². The number of hydrogen-bond donors (Lipinski definition) is 1. The van der Waals surface area contributed by atoms with Crippen LogP contribution >= 0.6 is 23.2 Å². The van der Waals surface area contributed by atoms with Gasteiger partial charge in [0, 0.05) is 50.3 Å². The number of ether oxygens (including phenoxy) is 1. The SMILES string of the molecule is O=C(C1CCCC1)N1CCC(OCCN2CCC3(CC2)C(=O)NCN3C2=CCCCC2)(C2C=CC(Cl)C(Cl)C2)CC1. The Bertz CT molecular complexity index is 1010. The van der Waals surface area contributed by atoms with E-state index in [1.54, 1.807) is 0 Å². The molecule has 0 aromatic rings. The van der Waals surface area contributed by atoms with Crippen molar-refractivity contribution in [1.82, 2.24) is 20.0 Å². The highest BCUT2D eigenvalue weighted by molar-refractivity contribution is 6.31. The first-order valence-corrected chi connectivity index (χ1v) is 17.1. The van der Waals surface area contributed by atoms with Gasteiger partial charge in [0.25, 0.3) is 0 Å². The minimum Gasteiger partial charge on any atom is -0.373 e. The average Bonchev–Trinajstić information content (AvgIpc) is 3.65. The van der Waals surface area contributed by atoms with Crippen LogP contribution in [0.25, 0.3) is 0 Å². The molecule has 0 radical (unpaired) electrons. The predicted octanol–water partition coefficient (Wildman–Crippen LogP) is 5.03. The van der Waals surface area contributed by atoms with Crippen LogP contribution in [0.3, 0.4) is 0 Å². The van der Waals surface area contributed by atoms with Crippen molar-refractivity contribution < 1.29 is 14.3 Å². The molecule has 7 nitrogen and oxygen atoms in total. The van der Waals surface area contributed by atoms with Crippen molar-refractivity contribution in [3.63, 3.8) is 0 Å². The van der Waals surface area contributed by atoms with Gasteiger partial charge in [0.1, 0.15) is 5.54 Å². The van der Waals surface area contributed by atoms with E-state index in [9.17, 15) is 9.59 Å². The highest BCUT2D eigenvalue weighted by Crippen LogP contribution is 2.42. The van der Waals surface area contributed by atoms with Crippen LogP contribution in [-0.2, 0) is 14.3 Å². The number of halogens is 2. The second-order valence-corrected chi connectivity index (χ2v) is 14.4. The zero-order valence-electron chi connectivity index (χ0n) is 24.5. The topological polar surface area (TPSA) is 65.1 Å². The van der Waals surface area contributed by atoms with Gasteiger partial charge in [0.15, 0.2) is 0 Å². The first-order chi connectivity index (χ1) is 19.9. The van der Waals surface area contributed by atoms with Crippen LogP contribution in [0.15, 0.2) is 23.9 Å². The first kappa shape index (κ1) is 29.8. The van der Waals surface area contributed by atoms with Crippen LogP contribution in [0.1, 0.15) is 83.5 Å². The normalized spacial score (nSPS) is 32.4. The zero-order valence-corrected chi connectivity index (χ0v) is 26.0. The maximum Gasteiger partial charge on any atom is 0.247 e. The Morgan fingerprint density at radius 2 is 1.76 bits per heavy atom. The van der Waals surface area contributed by atoms with Gasteiger partial charge < -0.3 is 24.8 Å². The molecule has 3 aliphatic heterocycles. The highest BCUT2D eigenvalue weighted by Gasteiger charge is 2.51. The van der Waals surface area contributed by atoms with Gasteiger partial charge in [-0.05, 0) is 70.6 Å². The lowest BCUT2D eigenvalue weighted by Crippen LogP contribution is -2.56. The molecule has 1 N–H and O–H groups in total. The smallest absolute Gasteiger partial charge is 0.247 e. The fraction of sp³-hybridized carbons (Fsp3) is 0.812. The van der Waals surface area contributed by atoms with E-state index >= 15 is 0 Å². The Labute approximate surface area is 256 Å². The molecule has 3 atom stereocenters. The molecule has 3 saturated heterocycles. The van der Waals surface area contributed by atoms with Crippen molar-refractivity contribution in [2.24, 2.45) is 11.8 Å². The van der Waals surface area contributed by atoms with E-state index in [1.807, 2.05) is 6.08 Å². The zero-order chi connectivity index (χ0) is 28.5. The molecule has 3 unspecified atom stereocenters. The van der Waals surface area contributed by atoms with Crippen molar-refractivity contribution in [1.29, 1.82) is 0 Å². The third-order valence-electron chi connectivity index (χ3n) is 11.1. The lowest BCUT2D eigenvalue weighted by atomic mass is 9.74. The van der Waals surface area contributed by atoms with E-state index in [-0.39, 0.29) is 39.6 Å². The van der Waals surface area contributed by atoms with Crippen molar-refractivity contribution in [3.05, 3.63) is 23.9 Å². The van der Waals surface area contributed by atoms with Crippen molar-refractivity contribution in [2.75, 3.05) is 46.0 Å². The molecule has 228 valence electrons. The lowest BCUT2D eigenvalue weighted by molar-refractivity contribution is -0.147. The van der Waals surface area contributed by atoms with E-state index in [0.29, 0.717) is 19.2 Å². The van der Waals surface area contributed by atoms with Gasteiger partial charge in [0.05, 0.1) is 29.6 Å². The van der Waals surface area contributed by atoms with Crippen LogP contribution in [-0.4, -0.2) is 94.4 Å². The molecule has 1 spiro atoms. The summed E-state index contributed by atoms with van der Waals surface area (Å²) in [6.45, 7) is 5.46. The Morgan fingerprint density at radius 1 is 1.00 bits per heavy atom. The van der Waals surface area contributed by atoms with Gasteiger partial charge in [-0.1, -0.05) is 31.1 Å². The second-order valence-electron chi connectivity index (χ2n) is 13.3. The van der Waals surface area contributed by atoms with E-state index < -0.39 is 0 Å². The summed E-state index contributed by atoms with van der Waals surface area (Å²) < 4.78 is 6.87. The summed E-state index contributed by atoms with van der Waals surface area (Å²) in [4.78, 5) is 33.2. The number of rotatable bonds is 7. The minimum atomic E-state index is -0.388. The number of allylic oxidation sites excluding steroid dienone is 3. The number of likely N-dealkylation sites (tertiary alicyclic amines) is 2. The molecule has 2 amide bonds. The van der Waals surface area contributed by atoms with Crippen LogP contribution in [0.5, 0.6) is 0 Å². The molecule has 1 saturated carbocycles. The maximum absolute atomic E-state index is 13.1. The van der Waals surface area contributed by atoms with Gasteiger partial charge in [-0.15, -0.1) is 23.2 Å². The third-order valence-corrected chi connectivity index (χ3v) is 12.1. The number of carbonyl (C=O) groups excluding carboxylic acids is 2. The molecule has 9 heteroatoms. The average molecular weight is 608 g/mol. The lowest BCUT2D eigenvalue weighted by Gasteiger charge is -2.48. The van der Waals surface area contributed by atoms with E-state index in [2.05, 4.69) is 32.2 Å². The van der Waals surface area contributed by atoms with Crippen LogP contribution in [0, 0.1) is 11.8 Å². The van der Waals surface area contributed by atoms with Crippen LogP contribution in [0.2, 0.25) is 0 Å². The molecule has 41 heavy (non-hydrogen) atoms. The fourth-order valence-corrected chi connectivity index (χ4v) is 8.88. The van der Waals surface area contributed by atoms with Crippen molar-refractivity contribution in [2.45, 2.75) is 105 Å². The molecule has 6 rings (SSSR count). The number of alkyl halides is 2. The standard InChI is InChI=1S/C32H48Cl2N4O3/c33-27-11-10-25(22-28(27)34)32(14-18-37(19-15-32)29(39)24-6-4-5-7-24)41-21-20-36-16-12-31(13-17-36)30(40)35-23-38(31)26-8-2-1-3-9-26/h8,10-11,24-25,27-28H,1-7,9,12-23H2,(H,35,40). The van der Waals surface area contributed by atoms with Gasteiger partial charge in [0.2, 0.25) is 11.8 Å². The summed E-state index contributed by atoms with van der Waals surface area (Å²) in [6.07, 6.45) is 19.9. The summed E-state index contributed by atoms with van der Waals surface area (Å²) in [6, 6.07) is 0. The van der Waals surface area contributed by atoms with Gasteiger partial charge in [-0.2, -0.15) is 0 Å². The Balaban J connectivity index is 1.06. The molecule has 6 aliphatic rings. The third kappa shape index (κ3) is 6.07. The quantitative estimate of drug-likeness (QED) is 0.325. The van der Waals surface area contributed by atoms with E-state index in [1.165, 1.54) is 31.4 Å². The van der Waals surface area contributed by atoms with E-state index in [4.69, 9.17) is 27.9 Å². The Kier molecular flexibility index (Phi) is 9.26. The Hall–Kier alpha value is -1.28. The molecule has 3 heterocycles. The minimum absolute atomic E-state index is 0.108. The number of hydrogen-bond acceptors (Lipinski definition) is 5. The van der Waals surface area contributed by atoms with Gasteiger partial charge in [-0.3, -0.25) is 9.59 Å². The number of nitrogens with zero attached hydrogens (tertiary/aromatic N) is 3.